The number of ether oxygens (including phenoxy) is 10. The Morgan fingerprint density at radius 1 is 0.571 bits per heavy atom. The number of aliphatic hydroxyl groups excluding tert-OH is 1. The number of methoxy groups -OCH3 is 1. The van der Waals surface area contributed by atoms with Crippen molar-refractivity contribution in [2.45, 2.75) is 107 Å². The van der Waals surface area contributed by atoms with E-state index in [1.807, 2.05) is 127 Å². The number of fused-ring (bicyclic) bond motifs is 1. The number of benzene rings is 5. The molecule has 11 atom stereocenters. The van der Waals surface area contributed by atoms with E-state index in [1.54, 1.807) is 18.9 Å². The molecular formula is C51H58O11S. The molecule has 0 radical (unpaired) electrons. The first-order valence-electron chi connectivity index (χ1n) is 21.8. The zero-order valence-electron chi connectivity index (χ0n) is 35.8. The molecule has 334 valence electrons. The van der Waals surface area contributed by atoms with Crippen molar-refractivity contribution in [2.24, 2.45) is 0 Å². The van der Waals surface area contributed by atoms with Gasteiger partial charge in [-0.05, 0) is 33.6 Å². The summed E-state index contributed by atoms with van der Waals surface area (Å²) in [7, 11) is 1.57. The van der Waals surface area contributed by atoms with Gasteiger partial charge in [0.15, 0.2) is 12.6 Å². The van der Waals surface area contributed by atoms with Crippen LogP contribution in [0.25, 0.3) is 0 Å². The molecule has 3 heterocycles. The topological polar surface area (TPSA) is 113 Å². The zero-order chi connectivity index (χ0) is 43.2. The molecule has 3 saturated heterocycles. The second kappa shape index (κ2) is 23.3. The van der Waals surface area contributed by atoms with Crippen molar-refractivity contribution in [3.05, 3.63) is 179 Å². The summed E-state index contributed by atoms with van der Waals surface area (Å²) in [5, 5.41) is 11.7. The van der Waals surface area contributed by atoms with Gasteiger partial charge in [0.2, 0.25) is 0 Å². The third-order valence-electron chi connectivity index (χ3n) is 11.4. The maximum absolute atomic E-state index is 11.7. The Morgan fingerprint density at radius 2 is 1.10 bits per heavy atom. The standard InChI is InChI=1S/C51H58O11S/c1-3-63-51-48(58-31-37-21-12-6-13-22-37)46(44-42(61-51)34-59-49(62-44)40-25-14-7-15-26-40)56-32-39-24-16-23-38(27-39)28-54-33-41-43(52)45(55-29-35-17-8-4-9-18-35)47(50(53-2)60-41)57-30-36-19-10-5-11-20-36/h4-27,41-52H,3,28-34H2,1-2H3/t41-,42-,43-,44-,45+,46+,47-,48-,49-,50+,51+/m1/s1. The fraction of sp³-hybridized carbons (Fsp3) is 0.412. The maximum atomic E-state index is 11.7. The van der Waals surface area contributed by atoms with Gasteiger partial charge in [-0.15, -0.1) is 11.8 Å². The Hall–Kier alpha value is -3.99. The van der Waals surface area contributed by atoms with Crippen LogP contribution in [-0.4, -0.2) is 91.7 Å². The predicted molar refractivity (Wildman–Crippen MR) is 238 cm³/mol. The van der Waals surface area contributed by atoms with Crippen LogP contribution in [0.5, 0.6) is 0 Å². The second-order valence-electron chi connectivity index (χ2n) is 15.8. The lowest BCUT2D eigenvalue weighted by Crippen LogP contribution is -2.62. The third kappa shape index (κ3) is 12.2. The highest BCUT2D eigenvalue weighted by Crippen LogP contribution is 2.40. The minimum Gasteiger partial charge on any atom is -0.387 e. The summed E-state index contributed by atoms with van der Waals surface area (Å²) < 4.78 is 64.2. The fourth-order valence-electron chi connectivity index (χ4n) is 8.17. The molecule has 3 aliphatic rings. The van der Waals surface area contributed by atoms with Crippen LogP contribution in [0.15, 0.2) is 146 Å². The van der Waals surface area contributed by atoms with Crippen LogP contribution in [0.1, 0.15) is 46.6 Å². The van der Waals surface area contributed by atoms with Crippen LogP contribution < -0.4 is 0 Å². The summed E-state index contributed by atoms with van der Waals surface area (Å²) in [6.07, 6.45) is -6.22. The van der Waals surface area contributed by atoms with Gasteiger partial charge in [-0.3, -0.25) is 0 Å². The Balaban J connectivity index is 0.931. The first-order chi connectivity index (χ1) is 31.1. The molecule has 1 N–H and O–H groups in total. The van der Waals surface area contributed by atoms with Crippen LogP contribution in [-0.2, 0) is 80.4 Å². The molecule has 5 aromatic carbocycles. The summed E-state index contributed by atoms with van der Waals surface area (Å²) in [6.45, 7) is 4.17. The summed E-state index contributed by atoms with van der Waals surface area (Å²) >= 11 is 1.70. The second-order valence-corrected chi connectivity index (χ2v) is 17.2. The van der Waals surface area contributed by atoms with Gasteiger partial charge in [0.25, 0.3) is 0 Å². The van der Waals surface area contributed by atoms with E-state index >= 15 is 0 Å². The van der Waals surface area contributed by atoms with Crippen molar-refractivity contribution in [3.8, 4) is 0 Å². The number of hydrogen-bond donors (Lipinski definition) is 1. The lowest BCUT2D eigenvalue weighted by Gasteiger charge is -2.49. The summed E-state index contributed by atoms with van der Waals surface area (Å²) in [5.74, 6) is 0.843. The van der Waals surface area contributed by atoms with Gasteiger partial charge in [0.05, 0.1) is 46.2 Å². The maximum Gasteiger partial charge on any atom is 0.186 e. The monoisotopic (exact) mass is 878 g/mol. The van der Waals surface area contributed by atoms with E-state index in [0.29, 0.717) is 26.4 Å². The van der Waals surface area contributed by atoms with Crippen molar-refractivity contribution >= 4 is 11.8 Å². The highest BCUT2D eigenvalue weighted by atomic mass is 32.2. The largest absolute Gasteiger partial charge is 0.387 e. The SMILES string of the molecule is CCS[C@@H]1O[C@@H]2CO[C@@H](c3ccccc3)O[C@H]2[C@H](OCc2cccc(COC[C@H]3O[C@H](OC)[C@H](OCc4ccccc4)[C@@H](OCc4ccccc4)[C@@H]3O)c2)[C@H]1OCc1ccccc1. The van der Waals surface area contributed by atoms with Crippen LogP contribution in [0.2, 0.25) is 0 Å². The molecule has 0 spiro atoms. The van der Waals surface area contributed by atoms with Crippen molar-refractivity contribution in [1.29, 1.82) is 0 Å². The van der Waals surface area contributed by atoms with E-state index in [1.165, 1.54) is 0 Å². The Bertz CT molecular complexity index is 2070. The summed E-state index contributed by atoms with van der Waals surface area (Å²) in [5.41, 5.74) is 5.59. The van der Waals surface area contributed by atoms with Crippen LogP contribution in [0.3, 0.4) is 0 Å². The van der Waals surface area contributed by atoms with E-state index in [-0.39, 0.29) is 31.4 Å². The first-order valence-corrected chi connectivity index (χ1v) is 22.8. The average molecular weight is 879 g/mol. The minimum absolute atomic E-state index is 0.0996. The van der Waals surface area contributed by atoms with Crippen LogP contribution >= 0.6 is 11.8 Å². The molecule has 0 saturated carbocycles. The highest BCUT2D eigenvalue weighted by Gasteiger charge is 2.51. The molecule has 0 bridgehead atoms. The number of hydrogen-bond acceptors (Lipinski definition) is 12. The zero-order valence-corrected chi connectivity index (χ0v) is 36.6. The molecule has 3 aliphatic heterocycles. The number of rotatable bonds is 20. The molecule has 3 fully saturated rings. The average Bonchev–Trinajstić information content (AvgIpc) is 3.33. The van der Waals surface area contributed by atoms with Crippen molar-refractivity contribution in [1.82, 2.24) is 0 Å². The lowest BCUT2D eigenvalue weighted by atomic mass is 9.98. The lowest BCUT2D eigenvalue weighted by molar-refractivity contribution is -0.329. The van der Waals surface area contributed by atoms with Gasteiger partial charge in [-0.1, -0.05) is 153 Å². The van der Waals surface area contributed by atoms with Gasteiger partial charge in [0, 0.05) is 12.7 Å². The van der Waals surface area contributed by atoms with Gasteiger partial charge in [-0.25, -0.2) is 0 Å². The van der Waals surface area contributed by atoms with Crippen molar-refractivity contribution in [3.63, 3.8) is 0 Å². The van der Waals surface area contributed by atoms with E-state index in [9.17, 15) is 5.11 Å². The molecule has 11 nitrogen and oxygen atoms in total. The van der Waals surface area contributed by atoms with E-state index in [2.05, 4.69) is 25.1 Å². The van der Waals surface area contributed by atoms with E-state index in [4.69, 9.17) is 47.4 Å². The van der Waals surface area contributed by atoms with Gasteiger partial charge >= 0.3 is 0 Å². The van der Waals surface area contributed by atoms with Gasteiger partial charge in [0.1, 0.15) is 54.3 Å². The van der Waals surface area contributed by atoms with E-state index in [0.717, 1.165) is 39.1 Å². The third-order valence-corrected chi connectivity index (χ3v) is 12.4. The molecular weight excluding hydrogens is 821 g/mol. The normalized spacial score (nSPS) is 28.3. The minimum atomic E-state index is -1.05. The van der Waals surface area contributed by atoms with Crippen molar-refractivity contribution < 1.29 is 52.5 Å². The molecule has 12 heteroatoms. The molecule has 5 aromatic rings. The Morgan fingerprint density at radius 3 is 1.70 bits per heavy atom. The van der Waals surface area contributed by atoms with Crippen LogP contribution in [0.4, 0.5) is 0 Å². The van der Waals surface area contributed by atoms with Crippen molar-refractivity contribution in [2.75, 3.05) is 26.1 Å². The molecule has 0 aliphatic carbocycles. The Labute approximate surface area is 374 Å². The van der Waals surface area contributed by atoms with Gasteiger partial charge < -0.3 is 52.5 Å². The van der Waals surface area contributed by atoms with E-state index < -0.39 is 55.3 Å². The fourth-order valence-corrected chi connectivity index (χ4v) is 9.14. The molecule has 63 heavy (non-hydrogen) atoms. The Kier molecular flexibility index (Phi) is 16.8. The number of thioether (sulfide) groups is 1. The number of aliphatic hydroxyl groups is 1. The first kappa shape index (κ1) is 45.6. The molecule has 8 rings (SSSR count). The predicted octanol–water partition coefficient (Wildman–Crippen LogP) is 8.17. The van der Waals surface area contributed by atoms with Crippen LogP contribution in [0, 0.1) is 0 Å². The summed E-state index contributed by atoms with van der Waals surface area (Å²) in [6, 6.07) is 47.9. The van der Waals surface area contributed by atoms with Gasteiger partial charge in [-0.2, -0.15) is 0 Å². The molecule has 0 unspecified atom stereocenters. The summed E-state index contributed by atoms with van der Waals surface area (Å²) in [4.78, 5) is 0. The smallest absolute Gasteiger partial charge is 0.186 e. The quantitative estimate of drug-likeness (QED) is 0.0815. The molecule has 0 amide bonds. The molecule has 0 aromatic heterocycles. The highest BCUT2D eigenvalue weighted by molar-refractivity contribution is 7.99.